The number of aryl methyl sites for hydroxylation is 1. The molecule has 1 N–H and O–H groups in total. The molecule has 2 aromatic carbocycles. The average Bonchev–Trinajstić information content (AvgIpc) is 2.60. The van der Waals surface area contributed by atoms with Gasteiger partial charge in [-0.3, -0.25) is 4.98 Å². The predicted molar refractivity (Wildman–Crippen MR) is 90.9 cm³/mol. The first-order valence-corrected chi connectivity index (χ1v) is 8.11. The molecule has 3 heteroatoms. The summed E-state index contributed by atoms with van der Waals surface area (Å²) in [6, 6.07) is 15.9. The summed E-state index contributed by atoms with van der Waals surface area (Å²) in [7, 11) is 0. The Bertz CT molecular complexity index is 843. The zero-order chi connectivity index (χ0) is 15.6. The van der Waals surface area contributed by atoms with Crippen LogP contribution in [-0.4, -0.2) is 4.98 Å². The number of hydrogen-bond acceptors (Lipinski definition) is 2. The Balaban J connectivity index is 1.80. The molecule has 115 valence electrons. The number of hydrogen-bond donors (Lipinski definition) is 1. The Kier molecular flexibility index (Phi) is 3.70. The molecule has 0 bridgehead atoms. The van der Waals surface area contributed by atoms with Crippen LogP contribution < -0.4 is 5.32 Å². The van der Waals surface area contributed by atoms with E-state index < -0.39 is 0 Å². The van der Waals surface area contributed by atoms with Gasteiger partial charge in [0.25, 0.3) is 0 Å². The van der Waals surface area contributed by atoms with Crippen LogP contribution in [0, 0.1) is 11.9 Å². The molecule has 0 unspecified atom stereocenters. The number of fused-ring (bicyclic) bond motifs is 2. The van der Waals surface area contributed by atoms with Crippen LogP contribution in [0.1, 0.15) is 29.7 Å². The van der Waals surface area contributed by atoms with Crippen molar-refractivity contribution in [1.82, 2.24) is 4.98 Å². The van der Waals surface area contributed by atoms with Crippen molar-refractivity contribution >= 4 is 16.6 Å². The van der Waals surface area contributed by atoms with Crippen LogP contribution in [0.3, 0.4) is 0 Å². The van der Waals surface area contributed by atoms with Crippen LogP contribution in [0.15, 0.2) is 42.5 Å². The summed E-state index contributed by atoms with van der Waals surface area (Å²) in [6.07, 6.45) is 4.37. The van der Waals surface area contributed by atoms with E-state index in [0.29, 0.717) is 6.54 Å². The van der Waals surface area contributed by atoms with Gasteiger partial charge in [-0.15, -0.1) is 0 Å². The molecule has 4 rings (SSSR count). The van der Waals surface area contributed by atoms with Crippen molar-refractivity contribution in [2.75, 3.05) is 5.32 Å². The van der Waals surface area contributed by atoms with Crippen molar-refractivity contribution in [1.29, 1.82) is 0 Å². The fraction of sp³-hybridized carbons (Fsp3) is 0.250. The largest absolute Gasteiger partial charge is 0.380 e. The number of halogens is 1. The van der Waals surface area contributed by atoms with E-state index >= 15 is 0 Å². The quantitative estimate of drug-likeness (QED) is 0.761. The summed E-state index contributed by atoms with van der Waals surface area (Å²) in [5.41, 5.74) is 5.51. The van der Waals surface area contributed by atoms with E-state index in [9.17, 15) is 4.39 Å². The maximum atomic E-state index is 13.8. The lowest BCUT2D eigenvalue weighted by molar-refractivity contribution is 0.629. The molecule has 1 aromatic heterocycles. The molecule has 1 aliphatic carbocycles. The Morgan fingerprint density at radius 1 is 1.17 bits per heavy atom. The fourth-order valence-electron chi connectivity index (χ4n) is 3.33. The van der Waals surface area contributed by atoms with Crippen molar-refractivity contribution in [2.24, 2.45) is 0 Å². The summed E-state index contributed by atoms with van der Waals surface area (Å²) in [5.74, 6) is -0.217. The minimum absolute atomic E-state index is 0.217. The molecule has 0 saturated carbocycles. The lowest BCUT2D eigenvalue weighted by atomic mass is 9.92. The van der Waals surface area contributed by atoms with E-state index in [1.54, 1.807) is 12.1 Å². The number of nitrogens with one attached hydrogen (secondary N) is 1. The number of anilines is 1. The highest BCUT2D eigenvalue weighted by Crippen LogP contribution is 2.34. The molecular formula is C20H18FN2. The highest BCUT2D eigenvalue weighted by Gasteiger charge is 2.18. The van der Waals surface area contributed by atoms with Gasteiger partial charge >= 0.3 is 0 Å². The van der Waals surface area contributed by atoms with E-state index in [1.165, 1.54) is 30.0 Å². The zero-order valence-corrected chi connectivity index (χ0v) is 12.9. The van der Waals surface area contributed by atoms with Gasteiger partial charge in [0.1, 0.15) is 5.82 Å². The molecule has 0 saturated heterocycles. The van der Waals surface area contributed by atoms with Crippen molar-refractivity contribution in [2.45, 2.75) is 32.2 Å². The van der Waals surface area contributed by atoms with E-state index in [1.807, 2.05) is 18.2 Å². The first kappa shape index (κ1) is 14.2. The Morgan fingerprint density at radius 3 is 2.96 bits per heavy atom. The van der Waals surface area contributed by atoms with Crippen molar-refractivity contribution in [3.05, 3.63) is 71.2 Å². The van der Waals surface area contributed by atoms with Gasteiger partial charge in [0.15, 0.2) is 0 Å². The molecular weight excluding hydrogens is 287 g/mol. The van der Waals surface area contributed by atoms with Gasteiger partial charge in [-0.1, -0.05) is 18.2 Å². The van der Waals surface area contributed by atoms with Gasteiger partial charge in [-0.05, 0) is 67.1 Å². The summed E-state index contributed by atoms with van der Waals surface area (Å²) in [4.78, 5) is 4.76. The summed E-state index contributed by atoms with van der Waals surface area (Å²) < 4.78 is 13.8. The molecule has 1 aliphatic rings. The molecule has 0 amide bonds. The van der Waals surface area contributed by atoms with Crippen molar-refractivity contribution < 1.29 is 4.39 Å². The van der Waals surface area contributed by atoms with E-state index in [-0.39, 0.29) is 5.82 Å². The lowest BCUT2D eigenvalue weighted by Crippen LogP contribution is -2.11. The van der Waals surface area contributed by atoms with Crippen LogP contribution in [0.4, 0.5) is 10.1 Å². The number of rotatable bonds is 3. The standard InChI is InChI=1S/C20H18FN2/c21-15-10-11-19-17(12-15)20(16-8-4-5-9-18(16)23-19)22-13-14-6-2-1-3-7-14/h1-2,6-7,10-12H,4-5,8-9,13H2,(H,22,23). The molecule has 0 fully saturated rings. The smallest absolute Gasteiger partial charge is 0.124 e. The molecule has 1 heterocycles. The Labute approximate surface area is 135 Å². The average molecular weight is 305 g/mol. The van der Waals surface area contributed by atoms with Crippen LogP contribution in [-0.2, 0) is 19.4 Å². The second kappa shape index (κ2) is 5.99. The third-order valence-electron chi connectivity index (χ3n) is 4.46. The third kappa shape index (κ3) is 2.79. The van der Waals surface area contributed by atoms with Crippen molar-refractivity contribution in [3.63, 3.8) is 0 Å². The molecule has 23 heavy (non-hydrogen) atoms. The summed E-state index contributed by atoms with van der Waals surface area (Å²) in [6.45, 7) is 0.708. The maximum absolute atomic E-state index is 13.8. The minimum atomic E-state index is -0.217. The van der Waals surface area contributed by atoms with Crippen molar-refractivity contribution in [3.8, 4) is 0 Å². The molecule has 3 aromatic rings. The van der Waals surface area contributed by atoms with Gasteiger partial charge in [0.2, 0.25) is 0 Å². The molecule has 1 radical (unpaired) electrons. The van der Waals surface area contributed by atoms with E-state index in [2.05, 4.69) is 17.4 Å². The monoisotopic (exact) mass is 305 g/mol. The number of aromatic nitrogens is 1. The normalized spacial score (nSPS) is 13.8. The number of benzene rings is 2. The van der Waals surface area contributed by atoms with E-state index in [0.717, 1.165) is 35.1 Å². The number of nitrogens with zero attached hydrogens (tertiary/aromatic N) is 1. The maximum Gasteiger partial charge on any atom is 0.124 e. The third-order valence-corrected chi connectivity index (χ3v) is 4.46. The van der Waals surface area contributed by atoms with Crippen LogP contribution in [0.5, 0.6) is 0 Å². The SMILES string of the molecule is Fc1ccc2nc3c(c(NCc4c[c]ccc4)c2c1)CCCC3. The van der Waals surface area contributed by atoms with Crippen LogP contribution >= 0.6 is 0 Å². The first-order chi connectivity index (χ1) is 11.3. The highest BCUT2D eigenvalue weighted by atomic mass is 19.1. The van der Waals surface area contributed by atoms with Gasteiger partial charge < -0.3 is 5.32 Å². The summed E-state index contributed by atoms with van der Waals surface area (Å²) >= 11 is 0. The Morgan fingerprint density at radius 2 is 2.09 bits per heavy atom. The molecule has 0 atom stereocenters. The second-order valence-electron chi connectivity index (χ2n) is 6.05. The molecule has 0 spiro atoms. The van der Waals surface area contributed by atoms with Crippen LogP contribution in [0.25, 0.3) is 10.9 Å². The lowest BCUT2D eigenvalue weighted by Gasteiger charge is -2.21. The zero-order valence-electron chi connectivity index (χ0n) is 12.9. The Hall–Kier alpha value is -2.42. The highest BCUT2D eigenvalue weighted by molar-refractivity contribution is 5.93. The van der Waals surface area contributed by atoms with Gasteiger partial charge in [0, 0.05) is 23.3 Å². The van der Waals surface area contributed by atoms with Gasteiger partial charge in [0.05, 0.1) is 5.52 Å². The number of pyridine rings is 1. The van der Waals surface area contributed by atoms with Gasteiger partial charge in [-0.25, -0.2) is 4.39 Å². The van der Waals surface area contributed by atoms with Gasteiger partial charge in [-0.2, -0.15) is 0 Å². The fourth-order valence-corrected chi connectivity index (χ4v) is 3.33. The molecule has 2 nitrogen and oxygen atoms in total. The summed E-state index contributed by atoms with van der Waals surface area (Å²) in [5, 5.41) is 4.41. The minimum Gasteiger partial charge on any atom is -0.380 e. The first-order valence-electron chi connectivity index (χ1n) is 8.11. The van der Waals surface area contributed by atoms with Crippen LogP contribution in [0.2, 0.25) is 0 Å². The second-order valence-corrected chi connectivity index (χ2v) is 6.05. The predicted octanol–water partition coefficient (Wildman–Crippen LogP) is 4.66. The van der Waals surface area contributed by atoms with E-state index in [4.69, 9.17) is 4.98 Å². The topological polar surface area (TPSA) is 24.9 Å². The molecule has 0 aliphatic heterocycles.